The van der Waals surface area contributed by atoms with E-state index in [9.17, 15) is 81.1 Å². The quantitative estimate of drug-likeness (QED) is 0.0440. The average molecular weight is 919 g/mol. The molecule has 4 aromatic rings. The Morgan fingerprint density at radius 1 is 0.723 bits per heavy atom. The van der Waals surface area contributed by atoms with Crippen molar-refractivity contribution < 1.29 is 109 Å². The molecule has 0 saturated carbocycles. The second kappa shape index (κ2) is 19.0. The van der Waals surface area contributed by atoms with Crippen LogP contribution in [0.3, 0.4) is 0 Å². The van der Waals surface area contributed by atoms with E-state index in [1.165, 1.54) is 25.1 Å². The number of aliphatic hydroxyl groups is 8. The number of benzene rings is 3. The number of rotatable bonds is 11. The SMILES string of the molecule is CC1O[C@@H](Oc2c(-c3cc(O)c(C[C@@H]4OC[C@@H](O)[C@@H](O)C4O)c(O)c3)oc3cc(O)cc(O)c3c2=O)C(O[C@@H]2OC(COC(=O)/C=C/c3ccc(O)c(O)c3)[C@@H](O)[C@@H](O)C2O)[C@@H](O)[C@H]1O. The van der Waals surface area contributed by atoms with Crippen molar-refractivity contribution in [3.05, 3.63) is 69.9 Å². The van der Waals surface area contributed by atoms with E-state index >= 15 is 0 Å². The van der Waals surface area contributed by atoms with Crippen LogP contribution in [0.2, 0.25) is 0 Å². The number of carbonyl (C=O) groups is 1. The van der Waals surface area contributed by atoms with E-state index in [4.69, 9.17) is 32.8 Å². The summed E-state index contributed by atoms with van der Waals surface area (Å²) in [5.41, 5.74) is -1.80. The third-order valence-corrected chi connectivity index (χ3v) is 11.2. The molecule has 1 aromatic heterocycles. The zero-order chi connectivity index (χ0) is 47.2. The minimum atomic E-state index is -2.09. The summed E-state index contributed by atoms with van der Waals surface area (Å²) in [4.78, 5) is 26.8. The van der Waals surface area contributed by atoms with Gasteiger partial charge in [0.2, 0.25) is 17.5 Å². The molecule has 14 atom stereocenters. The number of aromatic hydroxyl groups is 6. The Labute approximate surface area is 365 Å². The predicted molar refractivity (Wildman–Crippen MR) is 214 cm³/mol. The number of carbonyl (C=O) groups excluding carboxylic acids is 1. The van der Waals surface area contributed by atoms with Crippen molar-refractivity contribution in [3.8, 4) is 51.6 Å². The summed E-state index contributed by atoms with van der Waals surface area (Å²) in [5, 5.41) is 147. The van der Waals surface area contributed by atoms with Gasteiger partial charge < -0.3 is 104 Å². The molecular weight excluding hydrogens is 872 g/mol. The van der Waals surface area contributed by atoms with E-state index in [1.807, 2.05) is 0 Å². The van der Waals surface area contributed by atoms with Gasteiger partial charge in [-0.3, -0.25) is 4.79 Å². The number of esters is 1. The molecule has 3 aliphatic rings. The van der Waals surface area contributed by atoms with Crippen LogP contribution in [0.4, 0.5) is 0 Å². The largest absolute Gasteiger partial charge is 0.508 e. The Morgan fingerprint density at radius 3 is 2.11 bits per heavy atom. The molecular formula is C42H46O23. The number of hydrogen-bond acceptors (Lipinski definition) is 23. The predicted octanol–water partition coefficient (Wildman–Crippen LogP) is -1.99. The van der Waals surface area contributed by atoms with E-state index in [0.29, 0.717) is 5.56 Å². The van der Waals surface area contributed by atoms with E-state index in [1.54, 1.807) is 0 Å². The second-order valence-corrected chi connectivity index (χ2v) is 15.7. The molecule has 23 heteroatoms. The number of ether oxygens (including phenoxy) is 6. The van der Waals surface area contributed by atoms with Crippen LogP contribution in [0.15, 0.2) is 57.8 Å². The standard InChI is InChI=1S/C42H46O23/c1-14-30(51)36(57)40(65-41-37(58)35(56)33(54)27(63-41)13-60-28(50)5-3-15-2-4-19(44)22(47)6-15)42(61-14)64-39-34(55)29-23(48)9-17(43)10-25(29)62-38(39)16-7-20(45)18(21(46)8-16)11-26-32(53)31(52)24(49)12-59-26/h2-10,14,24,26-27,30-33,35-37,40-49,51-54,56-58H,11-13H2,1H3/b5-3+/t14?,24-,26+,27?,30+,31-,32?,33-,35-,36+,37?,40?,41+,42+/m1/s1. The van der Waals surface area contributed by atoms with Gasteiger partial charge in [0, 0.05) is 35.8 Å². The van der Waals surface area contributed by atoms with Gasteiger partial charge in [-0.2, -0.15) is 0 Å². The summed E-state index contributed by atoms with van der Waals surface area (Å²) < 4.78 is 39.8. The highest BCUT2D eigenvalue weighted by Crippen LogP contribution is 2.42. The van der Waals surface area contributed by atoms with Gasteiger partial charge >= 0.3 is 5.97 Å². The van der Waals surface area contributed by atoms with Crippen molar-refractivity contribution in [1.29, 1.82) is 0 Å². The molecule has 4 heterocycles. The summed E-state index contributed by atoms with van der Waals surface area (Å²) in [5.74, 6) is -5.96. The zero-order valence-corrected chi connectivity index (χ0v) is 33.8. The molecule has 0 bridgehead atoms. The molecule has 3 fully saturated rings. The lowest BCUT2D eigenvalue weighted by Gasteiger charge is -2.45. The second-order valence-electron chi connectivity index (χ2n) is 15.7. The first-order chi connectivity index (χ1) is 30.7. The van der Waals surface area contributed by atoms with Gasteiger partial charge in [-0.1, -0.05) is 6.07 Å². The van der Waals surface area contributed by atoms with Crippen LogP contribution in [-0.4, -0.2) is 177 Å². The minimum absolute atomic E-state index is 0.213. The van der Waals surface area contributed by atoms with E-state index in [2.05, 4.69) is 0 Å². The van der Waals surface area contributed by atoms with Gasteiger partial charge in [-0.05, 0) is 42.8 Å². The maximum atomic E-state index is 14.3. The van der Waals surface area contributed by atoms with Crippen LogP contribution in [-0.2, 0) is 34.9 Å². The van der Waals surface area contributed by atoms with Gasteiger partial charge in [0.05, 0.1) is 18.8 Å². The molecule has 23 nitrogen and oxygen atoms in total. The Kier molecular flexibility index (Phi) is 13.8. The molecule has 0 spiro atoms. The van der Waals surface area contributed by atoms with E-state index < -0.39 is 167 Å². The maximum absolute atomic E-state index is 14.3. The molecule has 0 amide bonds. The molecule has 0 aliphatic carbocycles. The molecule has 352 valence electrons. The molecule has 7 rings (SSSR count). The fraction of sp³-hybridized carbons (Fsp3) is 0.429. The molecule has 3 aliphatic heterocycles. The van der Waals surface area contributed by atoms with E-state index in [0.717, 1.165) is 36.4 Å². The average Bonchev–Trinajstić information content (AvgIpc) is 3.25. The first-order valence-electron chi connectivity index (χ1n) is 19.9. The highest BCUT2D eigenvalue weighted by molar-refractivity contribution is 5.89. The number of aliphatic hydroxyl groups excluding tert-OH is 8. The van der Waals surface area contributed by atoms with Gasteiger partial charge in [-0.15, -0.1) is 0 Å². The molecule has 0 radical (unpaired) electrons. The Hall–Kier alpha value is -5.80. The lowest BCUT2D eigenvalue weighted by molar-refractivity contribution is -0.355. The molecule has 14 N–H and O–H groups in total. The van der Waals surface area contributed by atoms with Crippen LogP contribution in [0, 0.1) is 0 Å². The van der Waals surface area contributed by atoms with Crippen molar-refractivity contribution in [2.75, 3.05) is 13.2 Å². The third-order valence-electron chi connectivity index (χ3n) is 11.2. The Morgan fingerprint density at radius 2 is 1.42 bits per heavy atom. The summed E-state index contributed by atoms with van der Waals surface area (Å²) in [6.07, 6.45) is -22.7. The number of phenols is 6. The molecule has 5 unspecified atom stereocenters. The normalized spacial score (nSPS) is 31.8. The van der Waals surface area contributed by atoms with Crippen molar-refractivity contribution in [2.24, 2.45) is 0 Å². The van der Waals surface area contributed by atoms with Crippen LogP contribution in [0.25, 0.3) is 28.4 Å². The monoisotopic (exact) mass is 918 g/mol. The highest BCUT2D eigenvalue weighted by Gasteiger charge is 2.51. The third kappa shape index (κ3) is 9.62. The van der Waals surface area contributed by atoms with Crippen molar-refractivity contribution in [2.45, 2.75) is 99.2 Å². The van der Waals surface area contributed by atoms with Crippen molar-refractivity contribution in [3.63, 3.8) is 0 Å². The van der Waals surface area contributed by atoms with Gasteiger partial charge in [-0.25, -0.2) is 4.79 Å². The minimum Gasteiger partial charge on any atom is -0.508 e. The smallest absolute Gasteiger partial charge is 0.330 e. The lowest BCUT2D eigenvalue weighted by atomic mass is 9.93. The van der Waals surface area contributed by atoms with Gasteiger partial charge in [0.1, 0.15) is 95.5 Å². The highest BCUT2D eigenvalue weighted by atomic mass is 16.8. The first kappa shape index (κ1) is 47.2. The number of hydrogen-bond donors (Lipinski definition) is 14. The summed E-state index contributed by atoms with van der Waals surface area (Å²) in [6.45, 7) is 0.176. The van der Waals surface area contributed by atoms with E-state index in [-0.39, 0.29) is 17.7 Å². The fourth-order valence-electron chi connectivity index (χ4n) is 7.50. The fourth-order valence-corrected chi connectivity index (χ4v) is 7.50. The van der Waals surface area contributed by atoms with Crippen LogP contribution in [0.1, 0.15) is 18.1 Å². The zero-order valence-electron chi connectivity index (χ0n) is 33.8. The van der Waals surface area contributed by atoms with Gasteiger partial charge in [0.25, 0.3) is 0 Å². The topological polar surface area (TPSA) is 386 Å². The van der Waals surface area contributed by atoms with Crippen LogP contribution >= 0.6 is 0 Å². The Balaban J connectivity index is 1.18. The summed E-state index contributed by atoms with van der Waals surface area (Å²) in [6, 6.07) is 7.47. The Bertz CT molecular complexity index is 2450. The van der Waals surface area contributed by atoms with Crippen LogP contribution < -0.4 is 10.2 Å². The van der Waals surface area contributed by atoms with Crippen molar-refractivity contribution in [1.82, 2.24) is 0 Å². The molecule has 3 aromatic carbocycles. The number of phenolic OH excluding ortho intramolecular Hbond substituents is 6. The lowest BCUT2D eigenvalue weighted by Crippen LogP contribution is -2.64. The number of fused-ring (bicyclic) bond motifs is 1. The summed E-state index contributed by atoms with van der Waals surface area (Å²) >= 11 is 0. The summed E-state index contributed by atoms with van der Waals surface area (Å²) in [7, 11) is 0. The molecule has 65 heavy (non-hydrogen) atoms. The van der Waals surface area contributed by atoms with Crippen molar-refractivity contribution >= 4 is 23.0 Å². The first-order valence-corrected chi connectivity index (χ1v) is 19.9. The van der Waals surface area contributed by atoms with Gasteiger partial charge in [0.15, 0.2) is 29.7 Å². The maximum Gasteiger partial charge on any atom is 0.330 e. The van der Waals surface area contributed by atoms with Crippen LogP contribution in [0.5, 0.6) is 40.2 Å². The molecule has 3 saturated heterocycles.